The molecule has 1 unspecified atom stereocenters. The first kappa shape index (κ1) is 22.7. The maximum absolute atomic E-state index is 6.51. The SMILES string of the molecule is CC1(c2ccccc2)c2cc(-c3cc4c5c(cccc5c3)-c3ccccc3O4)ccc2-c2ccc3ccccc3c21. The fourth-order valence-corrected chi connectivity index (χ4v) is 7.37. The van der Waals surface area contributed by atoms with E-state index < -0.39 is 0 Å². The lowest BCUT2D eigenvalue weighted by Gasteiger charge is -2.30. The van der Waals surface area contributed by atoms with Crippen LogP contribution in [0.4, 0.5) is 0 Å². The first-order chi connectivity index (χ1) is 20.2. The molecule has 1 atom stereocenters. The van der Waals surface area contributed by atoms with E-state index in [1.54, 1.807) is 0 Å². The Morgan fingerprint density at radius 3 is 2.17 bits per heavy atom. The highest BCUT2D eigenvalue weighted by Gasteiger charge is 2.42. The standard InChI is InChI=1S/C40H26O/c1-40(29-12-3-2-4-13-29)35-23-26(19-20-31(35)34-21-18-25-10-5-6-14-30(25)39(34)40)28-22-27-11-9-16-33-32-15-7-8-17-36(32)41-37(24-28)38(27)33/h2-24H,1H3. The lowest BCUT2D eigenvalue weighted by atomic mass is 9.72. The highest BCUT2D eigenvalue weighted by molar-refractivity contribution is 6.06. The summed E-state index contributed by atoms with van der Waals surface area (Å²) in [7, 11) is 0. The van der Waals surface area contributed by atoms with Crippen molar-refractivity contribution in [2.45, 2.75) is 12.3 Å². The average Bonchev–Trinajstić information content (AvgIpc) is 3.30. The maximum Gasteiger partial charge on any atom is 0.136 e. The summed E-state index contributed by atoms with van der Waals surface area (Å²) in [6.45, 7) is 2.40. The van der Waals surface area contributed by atoms with Crippen LogP contribution in [0.5, 0.6) is 11.5 Å². The molecule has 1 heteroatoms. The van der Waals surface area contributed by atoms with Gasteiger partial charge in [0.1, 0.15) is 11.5 Å². The van der Waals surface area contributed by atoms with Gasteiger partial charge in [-0.15, -0.1) is 0 Å². The quantitative estimate of drug-likeness (QED) is 0.219. The van der Waals surface area contributed by atoms with Crippen molar-refractivity contribution < 1.29 is 4.74 Å². The second-order valence-electron chi connectivity index (χ2n) is 11.4. The van der Waals surface area contributed by atoms with Gasteiger partial charge in [0, 0.05) is 16.4 Å². The van der Waals surface area contributed by atoms with Gasteiger partial charge in [-0.3, -0.25) is 0 Å². The van der Waals surface area contributed by atoms with E-state index >= 15 is 0 Å². The summed E-state index contributed by atoms with van der Waals surface area (Å²) >= 11 is 0. The molecule has 9 rings (SSSR count). The number of hydrogen-bond donors (Lipinski definition) is 0. The molecule has 7 aromatic carbocycles. The Labute approximate surface area is 239 Å². The van der Waals surface area contributed by atoms with Crippen molar-refractivity contribution in [2.24, 2.45) is 0 Å². The van der Waals surface area contributed by atoms with Crippen LogP contribution >= 0.6 is 0 Å². The van der Waals surface area contributed by atoms with Crippen molar-refractivity contribution >= 4 is 21.5 Å². The zero-order valence-electron chi connectivity index (χ0n) is 22.7. The van der Waals surface area contributed by atoms with Gasteiger partial charge in [-0.25, -0.2) is 0 Å². The largest absolute Gasteiger partial charge is 0.456 e. The van der Waals surface area contributed by atoms with E-state index in [1.807, 2.05) is 6.07 Å². The number of fused-ring (bicyclic) bond motifs is 7. The zero-order valence-corrected chi connectivity index (χ0v) is 22.7. The molecular formula is C40H26O. The third kappa shape index (κ3) is 3.06. The summed E-state index contributed by atoms with van der Waals surface area (Å²) in [4.78, 5) is 0. The molecule has 7 aromatic rings. The molecule has 2 aliphatic rings. The van der Waals surface area contributed by atoms with Gasteiger partial charge < -0.3 is 4.74 Å². The fourth-order valence-electron chi connectivity index (χ4n) is 7.37. The summed E-state index contributed by atoms with van der Waals surface area (Å²) in [6.07, 6.45) is 0. The zero-order chi connectivity index (χ0) is 27.1. The van der Waals surface area contributed by atoms with Crippen molar-refractivity contribution in [3.05, 3.63) is 156 Å². The Morgan fingerprint density at radius 1 is 0.488 bits per heavy atom. The molecule has 0 fully saturated rings. The van der Waals surface area contributed by atoms with Crippen molar-refractivity contribution in [1.29, 1.82) is 0 Å². The third-order valence-corrected chi connectivity index (χ3v) is 9.30. The average molecular weight is 523 g/mol. The number of ether oxygens (including phenoxy) is 1. The molecule has 41 heavy (non-hydrogen) atoms. The van der Waals surface area contributed by atoms with Crippen LogP contribution in [0.2, 0.25) is 0 Å². The molecule has 0 saturated heterocycles. The van der Waals surface area contributed by atoms with Gasteiger partial charge in [0.05, 0.1) is 0 Å². The van der Waals surface area contributed by atoms with Crippen LogP contribution in [-0.2, 0) is 5.41 Å². The van der Waals surface area contributed by atoms with Crippen molar-refractivity contribution in [2.75, 3.05) is 0 Å². The summed E-state index contributed by atoms with van der Waals surface area (Å²) in [5, 5.41) is 4.99. The number of hydrogen-bond acceptors (Lipinski definition) is 1. The van der Waals surface area contributed by atoms with E-state index in [0.29, 0.717) is 0 Å². The van der Waals surface area contributed by atoms with Crippen LogP contribution < -0.4 is 4.74 Å². The molecule has 1 nitrogen and oxygen atoms in total. The molecule has 1 heterocycles. The van der Waals surface area contributed by atoms with E-state index in [-0.39, 0.29) is 5.41 Å². The predicted molar refractivity (Wildman–Crippen MR) is 170 cm³/mol. The highest BCUT2D eigenvalue weighted by Crippen LogP contribution is 2.56. The highest BCUT2D eigenvalue weighted by atomic mass is 16.5. The summed E-state index contributed by atoms with van der Waals surface area (Å²) in [5.74, 6) is 1.84. The molecule has 0 N–H and O–H groups in total. The molecule has 0 saturated carbocycles. The van der Waals surface area contributed by atoms with Gasteiger partial charge in [-0.2, -0.15) is 0 Å². The third-order valence-electron chi connectivity index (χ3n) is 9.30. The predicted octanol–water partition coefficient (Wildman–Crippen LogP) is 10.8. The minimum absolute atomic E-state index is 0.281. The molecule has 0 aromatic heterocycles. The van der Waals surface area contributed by atoms with E-state index in [2.05, 4.69) is 140 Å². The maximum atomic E-state index is 6.51. The minimum atomic E-state index is -0.281. The topological polar surface area (TPSA) is 9.23 Å². The molecule has 0 radical (unpaired) electrons. The number of para-hydroxylation sites is 1. The van der Waals surface area contributed by atoms with Crippen LogP contribution in [0.1, 0.15) is 23.6 Å². The van der Waals surface area contributed by atoms with E-state index in [1.165, 1.54) is 66.1 Å². The van der Waals surface area contributed by atoms with Gasteiger partial charge in [-0.1, -0.05) is 115 Å². The monoisotopic (exact) mass is 522 g/mol. The summed E-state index contributed by atoms with van der Waals surface area (Å²) in [5.41, 5.74) is 11.2. The Morgan fingerprint density at radius 2 is 1.24 bits per heavy atom. The first-order valence-corrected chi connectivity index (χ1v) is 14.3. The lowest BCUT2D eigenvalue weighted by molar-refractivity contribution is 0.487. The second kappa shape index (κ2) is 8.19. The fraction of sp³-hybridized carbons (Fsp3) is 0.0500. The molecule has 1 aliphatic carbocycles. The minimum Gasteiger partial charge on any atom is -0.456 e. The van der Waals surface area contributed by atoms with Gasteiger partial charge in [-0.05, 0) is 91.9 Å². The molecule has 0 amide bonds. The summed E-state index contributed by atoms with van der Waals surface area (Å²) < 4.78 is 6.51. The normalized spacial score (nSPS) is 16.2. The van der Waals surface area contributed by atoms with Gasteiger partial charge in [0.25, 0.3) is 0 Å². The van der Waals surface area contributed by atoms with E-state index in [9.17, 15) is 0 Å². The Balaban J connectivity index is 1.29. The smallest absolute Gasteiger partial charge is 0.136 e. The van der Waals surface area contributed by atoms with Gasteiger partial charge in [0.15, 0.2) is 0 Å². The second-order valence-corrected chi connectivity index (χ2v) is 11.4. The lowest BCUT2D eigenvalue weighted by Crippen LogP contribution is -2.22. The molecule has 0 bridgehead atoms. The van der Waals surface area contributed by atoms with Crippen LogP contribution in [-0.4, -0.2) is 0 Å². The first-order valence-electron chi connectivity index (χ1n) is 14.3. The Hall–Kier alpha value is -5.14. The van der Waals surface area contributed by atoms with Gasteiger partial charge in [0.2, 0.25) is 0 Å². The van der Waals surface area contributed by atoms with Crippen LogP contribution in [0.25, 0.3) is 54.9 Å². The Bertz CT molecular complexity index is 2190. The Kier molecular flexibility index (Phi) is 4.52. The van der Waals surface area contributed by atoms with E-state index in [0.717, 1.165) is 17.1 Å². The van der Waals surface area contributed by atoms with E-state index in [4.69, 9.17) is 4.74 Å². The van der Waals surface area contributed by atoms with Gasteiger partial charge >= 0.3 is 0 Å². The van der Waals surface area contributed by atoms with Crippen molar-refractivity contribution in [3.8, 4) is 44.9 Å². The number of benzene rings is 7. The summed E-state index contributed by atoms with van der Waals surface area (Å²) in [6, 6.07) is 50.8. The van der Waals surface area contributed by atoms with Crippen LogP contribution in [0.15, 0.2) is 140 Å². The molecule has 0 spiro atoms. The molecule has 192 valence electrons. The van der Waals surface area contributed by atoms with Crippen LogP contribution in [0, 0.1) is 0 Å². The number of rotatable bonds is 2. The molecule has 1 aliphatic heterocycles. The van der Waals surface area contributed by atoms with Crippen LogP contribution in [0.3, 0.4) is 0 Å². The molecular weight excluding hydrogens is 496 g/mol. The van der Waals surface area contributed by atoms with Crippen molar-refractivity contribution in [3.63, 3.8) is 0 Å². The van der Waals surface area contributed by atoms with Crippen molar-refractivity contribution in [1.82, 2.24) is 0 Å².